The Morgan fingerprint density at radius 3 is 2.43 bits per heavy atom. The minimum atomic E-state index is -0.167. The molecule has 0 aliphatic carbocycles. The van der Waals surface area contributed by atoms with Gasteiger partial charge in [0, 0.05) is 17.7 Å². The van der Waals surface area contributed by atoms with E-state index in [2.05, 4.69) is 31.0 Å². The standard InChI is InChI=1S/C23H25N3O2/c1-23(2,3)18-13-11-17(12-14-18)22(27)26-15-7-10-19(26)21-25-24-20(28-21)16-8-5-4-6-9-16/h4-6,8-9,11-14,19H,7,10,15H2,1-3H3. The van der Waals surface area contributed by atoms with Crippen LogP contribution in [0.25, 0.3) is 11.5 Å². The predicted octanol–water partition coefficient (Wildman–Crippen LogP) is 5.01. The molecule has 144 valence electrons. The highest BCUT2D eigenvalue weighted by molar-refractivity contribution is 5.94. The summed E-state index contributed by atoms with van der Waals surface area (Å²) in [6.07, 6.45) is 1.77. The third kappa shape index (κ3) is 3.57. The van der Waals surface area contributed by atoms with Gasteiger partial charge in [0.2, 0.25) is 11.8 Å². The first-order valence-electron chi connectivity index (χ1n) is 9.74. The molecule has 1 unspecified atom stereocenters. The Morgan fingerprint density at radius 2 is 1.75 bits per heavy atom. The fourth-order valence-corrected chi connectivity index (χ4v) is 3.61. The van der Waals surface area contributed by atoms with Gasteiger partial charge in [-0.05, 0) is 48.1 Å². The van der Waals surface area contributed by atoms with Crippen LogP contribution in [0.5, 0.6) is 0 Å². The molecule has 2 aromatic carbocycles. The van der Waals surface area contributed by atoms with Gasteiger partial charge in [-0.1, -0.05) is 51.1 Å². The molecule has 5 heteroatoms. The van der Waals surface area contributed by atoms with Gasteiger partial charge in [0.25, 0.3) is 5.91 Å². The van der Waals surface area contributed by atoms with Crippen LogP contribution < -0.4 is 0 Å². The molecule has 0 saturated carbocycles. The zero-order chi connectivity index (χ0) is 19.7. The summed E-state index contributed by atoms with van der Waals surface area (Å²) in [6.45, 7) is 7.20. The highest BCUT2D eigenvalue weighted by atomic mass is 16.4. The Bertz CT molecular complexity index is 956. The van der Waals surface area contributed by atoms with Gasteiger partial charge in [0.1, 0.15) is 6.04 Å². The van der Waals surface area contributed by atoms with Crippen LogP contribution in [0, 0.1) is 0 Å². The topological polar surface area (TPSA) is 59.2 Å². The van der Waals surface area contributed by atoms with E-state index >= 15 is 0 Å². The predicted molar refractivity (Wildman–Crippen MR) is 108 cm³/mol. The Morgan fingerprint density at radius 1 is 1.04 bits per heavy atom. The highest BCUT2D eigenvalue weighted by Crippen LogP contribution is 2.34. The van der Waals surface area contributed by atoms with E-state index in [0.29, 0.717) is 23.9 Å². The lowest BCUT2D eigenvalue weighted by Crippen LogP contribution is -2.30. The Balaban J connectivity index is 1.55. The molecule has 5 nitrogen and oxygen atoms in total. The van der Waals surface area contributed by atoms with Crippen LogP contribution in [0.1, 0.15) is 61.5 Å². The van der Waals surface area contributed by atoms with Gasteiger partial charge in [0.05, 0.1) is 0 Å². The maximum absolute atomic E-state index is 13.1. The summed E-state index contributed by atoms with van der Waals surface area (Å²) in [5.74, 6) is 1.02. The van der Waals surface area contributed by atoms with Gasteiger partial charge in [-0.15, -0.1) is 10.2 Å². The molecule has 4 rings (SSSR count). The van der Waals surface area contributed by atoms with Crippen molar-refractivity contribution in [2.24, 2.45) is 0 Å². The second-order valence-corrected chi connectivity index (χ2v) is 8.30. The number of amides is 1. The Hall–Kier alpha value is -2.95. The van der Waals surface area contributed by atoms with Crippen molar-refractivity contribution >= 4 is 5.91 Å². The first-order valence-corrected chi connectivity index (χ1v) is 9.74. The minimum Gasteiger partial charge on any atom is -0.418 e. The molecule has 1 saturated heterocycles. The van der Waals surface area contributed by atoms with Gasteiger partial charge in [0.15, 0.2) is 0 Å². The van der Waals surface area contributed by atoms with E-state index in [-0.39, 0.29) is 17.4 Å². The smallest absolute Gasteiger partial charge is 0.254 e. The fraction of sp³-hybridized carbons (Fsp3) is 0.348. The van der Waals surface area contributed by atoms with E-state index in [0.717, 1.165) is 18.4 Å². The van der Waals surface area contributed by atoms with Crippen molar-refractivity contribution in [3.05, 3.63) is 71.6 Å². The van der Waals surface area contributed by atoms with Crippen molar-refractivity contribution in [2.75, 3.05) is 6.54 Å². The summed E-state index contributed by atoms with van der Waals surface area (Å²) in [6, 6.07) is 17.4. The maximum atomic E-state index is 13.1. The first-order chi connectivity index (χ1) is 13.4. The zero-order valence-corrected chi connectivity index (χ0v) is 16.6. The normalized spacial score (nSPS) is 17.1. The summed E-state index contributed by atoms with van der Waals surface area (Å²) >= 11 is 0. The third-order valence-corrected chi connectivity index (χ3v) is 5.26. The van der Waals surface area contributed by atoms with E-state index in [1.807, 2.05) is 59.5 Å². The monoisotopic (exact) mass is 375 g/mol. The van der Waals surface area contributed by atoms with Gasteiger partial charge >= 0.3 is 0 Å². The van der Waals surface area contributed by atoms with Gasteiger partial charge < -0.3 is 9.32 Å². The molecule has 0 radical (unpaired) electrons. The summed E-state index contributed by atoms with van der Waals surface area (Å²) in [4.78, 5) is 15.0. The molecule has 3 aromatic rings. The molecule has 0 bridgehead atoms. The number of benzene rings is 2. The molecule has 28 heavy (non-hydrogen) atoms. The van der Waals surface area contributed by atoms with Crippen LogP contribution in [0.2, 0.25) is 0 Å². The van der Waals surface area contributed by atoms with Crippen molar-refractivity contribution in [2.45, 2.75) is 45.1 Å². The minimum absolute atomic E-state index is 0.0161. The largest absolute Gasteiger partial charge is 0.418 e. The number of rotatable bonds is 3. The third-order valence-electron chi connectivity index (χ3n) is 5.26. The van der Waals surface area contributed by atoms with Gasteiger partial charge in [-0.25, -0.2) is 0 Å². The zero-order valence-electron chi connectivity index (χ0n) is 16.6. The number of likely N-dealkylation sites (tertiary alicyclic amines) is 1. The van der Waals surface area contributed by atoms with Crippen molar-refractivity contribution in [3.8, 4) is 11.5 Å². The van der Waals surface area contributed by atoms with Gasteiger partial charge in [-0.2, -0.15) is 0 Å². The van der Waals surface area contributed by atoms with E-state index in [1.165, 1.54) is 5.56 Å². The molecule has 1 aliphatic heterocycles. The molecule has 0 spiro atoms. The lowest BCUT2D eigenvalue weighted by atomic mass is 9.86. The summed E-state index contributed by atoms with van der Waals surface area (Å²) < 4.78 is 5.92. The molecule has 0 N–H and O–H groups in total. The van der Waals surface area contributed by atoms with E-state index in [4.69, 9.17) is 4.42 Å². The molecule has 1 aromatic heterocycles. The molecule has 1 amide bonds. The molecular formula is C23H25N3O2. The van der Waals surface area contributed by atoms with E-state index in [9.17, 15) is 4.79 Å². The van der Waals surface area contributed by atoms with Crippen LogP contribution in [-0.2, 0) is 5.41 Å². The average molecular weight is 375 g/mol. The second-order valence-electron chi connectivity index (χ2n) is 8.30. The lowest BCUT2D eigenvalue weighted by molar-refractivity contribution is 0.0716. The average Bonchev–Trinajstić information content (AvgIpc) is 3.37. The molecule has 2 heterocycles. The van der Waals surface area contributed by atoms with Crippen LogP contribution in [0.15, 0.2) is 59.0 Å². The van der Waals surface area contributed by atoms with E-state index in [1.54, 1.807) is 0 Å². The number of nitrogens with zero attached hydrogens (tertiary/aromatic N) is 3. The van der Waals surface area contributed by atoms with E-state index < -0.39 is 0 Å². The van der Waals surface area contributed by atoms with Crippen LogP contribution in [-0.4, -0.2) is 27.5 Å². The molecule has 1 atom stereocenters. The maximum Gasteiger partial charge on any atom is 0.254 e. The first kappa shape index (κ1) is 18.4. The van der Waals surface area contributed by atoms with Crippen molar-refractivity contribution in [1.29, 1.82) is 0 Å². The van der Waals surface area contributed by atoms with Crippen molar-refractivity contribution < 1.29 is 9.21 Å². The lowest BCUT2D eigenvalue weighted by Gasteiger charge is -2.23. The number of carbonyl (C=O) groups excluding carboxylic acids is 1. The summed E-state index contributed by atoms with van der Waals surface area (Å²) in [7, 11) is 0. The highest BCUT2D eigenvalue weighted by Gasteiger charge is 2.34. The number of aromatic nitrogens is 2. The van der Waals surface area contributed by atoms with Crippen molar-refractivity contribution in [1.82, 2.24) is 15.1 Å². The second kappa shape index (κ2) is 7.23. The quantitative estimate of drug-likeness (QED) is 0.645. The van der Waals surface area contributed by atoms with Crippen molar-refractivity contribution in [3.63, 3.8) is 0 Å². The van der Waals surface area contributed by atoms with Crippen LogP contribution in [0.3, 0.4) is 0 Å². The van der Waals surface area contributed by atoms with Gasteiger partial charge in [-0.3, -0.25) is 4.79 Å². The Kier molecular flexibility index (Phi) is 4.75. The summed E-state index contributed by atoms with van der Waals surface area (Å²) in [5, 5.41) is 8.42. The Labute approximate surface area is 165 Å². The molecule has 1 fully saturated rings. The fourth-order valence-electron chi connectivity index (χ4n) is 3.61. The van der Waals surface area contributed by atoms with Crippen LogP contribution in [0.4, 0.5) is 0 Å². The number of hydrogen-bond acceptors (Lipinski definition) is 4. The summed E-state index contributed by atoms with van der Waals surface area (Å²) in [5.41, 5.74) is 2.86. The van der Waals surface area contributed by atoms with Crippen LogP contribution >= 0.6 is 0 Å². The molecule has 1 aliphatic rings. The molecular weight excluding hydrogens is 350 g/mol. The SMILES string of the molecule is CC(C)(C)c1ccc(C(=O)N2CCCC2c2nnc(-c3ccccc3)o2)cc1. The number of hydrogen-bond donors (Lipinski definition) is 0. The number of carbonyl (C=O) groups is 1.